The van der Waals surface area contributed by atoms with E-state index < -0.39 is 0 Å². The molecule has 3 nitrogen and oxygen atoms in total. The molecule has 0 unspecified atom stereocenters. The highest BCUT2D eigenvalue weighted by atomic mass is 15.3. The van der Waals surface area contributed by atoms with E-state index in [1.165, 1.54) is 5.56 Å². The summed E-state index contributed by atoms with van der Waals surface area (Å²) < 4.78 is 1.96. The molecule has 2 aromatic heterocycles. The first-order valence-electron chi connectivity index (χ1n) is 6.70. The fourth-order valence-electron chi connectivity index (χ4n) is 2.11. The fraction of sp³-hybridized carbons (Fsp3) is 0.500. The molecule has 0 aliphatic heterocycles. The Morgan fingerprint density at radius 1 is 0.895 bits per heavy atom. The number of hydrogen-bond donors (Lipinski definition) is 0. The van der Waals surface area contributed by atoms with Gasteiger partial charge < -0.3 is 0 Å². The van der Waals surface area contributed by atoms with Gasteiger partial charge in [-0.3, -0.25) is 4.98 Å². The van der Waals surface area contributed by atoms with Crippen LogP contribution in [0.25, 0.3) is 5.69 Å². The molecule has 2 rings (SSSR count). The minimum absolute atomic E-state index is 0.0426. The Labute approximate surface area is 115 Å². The predicted molar refractivity (Wildman–Crippen MR) is 78.8 cm³/mol. The molecule has 0 aromatic carbocycles. The first-order chi connectivity index (χ1) is 8.69. The van der Waals surface area contributed by atoms with Crippen molar-refractivity contribution in [3.8, 4) is 5.69 Å². The molecule has 3 heteroatoms. The van der Waals surface area contributed by atoms with Crippen LogP contribution in [0.1, 0.15) is 52.8 Å². The number of hydrogen-bond acceptors (Lipinski definition) is 2. The zero-order valence-corrected chi connectivity index (χ0v) is 12.7. The van der Waals surface area contributed by atoms with Crippen LogP contribution in [0.4, 0.5) is 0 Å². The van der Waals surface area contributed by atoms with Crippen molar-refractivity contribution in [3.05, 3.63) is 42.0 Å². The molecule has 0 radical (unpaired) electrons. The molecule has 0 aliphatic rings. The van der Waals surface area contributed by atoms with Crippen LogP contribution < -0.4 is 0 Å². The maximum Gasteiger partial charge on any atom is 0.0719 e. The van der Waals surface area contributed by atoms with Crippen molar-refractivity contribution in [1.29, 1.82) is 0 Å². The van der Waals surface area contributed by atoms with Crippen LogP contribution in [0, 0.1) is 0 Å². The summed E-state index contributed by atoms with van der Waals surface area (Å²) in [7, 11) is 0. The molecule has 0 aliphatic carbocycles. The summed E-state index contributed by atoms with van der Waals surface area (Å²) in [5.41, 5.74) is 3.65. The average molecular weight is 257 g/mol. The van der Waals surface area contributed by atoms with Gasteiger partial charge in [-0.1, -0.05) is 41.5 Å². The predicted octanol–water partition coefficient (Wildman–Crippen LogP) is 3.86. The summed E-state index contributed by atoms with van der Waals surface area (Å²) >= 11 is 0. The van der Waals surface area contributed by atoms with Crippen molar-refractivity contribution < 1.29 is 0 Å². The molecule has 0 spiro atoms. The molecule has 2 aromatic rings. The Morgan fingerprint density at radius 2 is 1.47 bits per heavy atom. The molecule has 102 valence electrons. The average Bonchev–Trinajstić information content (AvgIpc) is 2.74. The van der Waals surface area contributed by atoms with Crippen LogP contribution in [0.15, 0.2) is 30.7 Å². The molecule has 0 N–H and O–H groups in total. The maximum atomic E-state index is 4.81. The second-order valence-corrected chi connectivity index (χ2v) is 7.04. The Morgan fingerprint density at radius 3 is 1.89 bits per heavy atom. The number of rotatable bonds is 1. The molecule has 0 fully saturated rings. The maximum absolute atomic E-state index is 4.81. The van der Waals surface area contributed by atoms with Crippen molar-refractivity contribution in [3.63, 3.8) is 0 Å². The van der Waals surface area contributed by atoms with Gasteiger partial charge in [-0.25, -0.2) is 4.68 Å². The van der Waals surface area contributed by atoms with E-state index in [1.807, 2.05) is 16.8 Å². The SMILES string of the molecule is CC(C)(C)c1cn(-c2ccncc2)nc1C(C)(C)C. The van der Waals surface area contributed by atoms with Gasteiger partial charge in [-0.05, 0) is 23.1 Å². The Kier molecular flexibility index (Phi) is 3.25. The van der Waals surface area contributed by atoms with Gasteiger partial charge in [0.25, 0.3) is 0 Å². The summed E-state index contributed by atoms with van der Waals surface area (Å²) in [5.74, 6) is 0. The van der Waals surface area contributed by atoms with E-state index in [0.29, 0.717) is 0 Å². The Balaban J connectivity index is 2.59. The molecule has 0 amide bonds. The lowest BCUT2D eigenvalue weighted by molar-refractivity contribution is 0.518. The van der Waals surface area contributed by atoms with Crippen LogP contribution >= 0.6 is 0 Å². The smallest absolute Gasteiger partial charge is 0.0719 e. The second kappa shape index (κ2) is 4.48. The monoisotopic (exact) mass is 257 g/mol. The van der Waals surface area contributed by atoms with E-state index in [0.717, 1.165) is 11.4 Å². The highest BCUT2D eigenvalue weighted by Crippen LogP contribution is 2.33. The standard InChI is InChI=1S/C16H23N3/c1-15(2,3)13-11-19(12-7-9-17-10-8-12)18-14(13)16(4,5)6/h7-11H,1-6H3. The summed E-state index contributed by atoms with van der Waals surface area (Å²) in [6, 6.07) is 3.96. The highest BCUT2D eigenvalue weighted by molar-refractivity contribution is 5.36. The Bertz CT molecular complexity index is 522. The molecule has 0 saturated carbocycles. The van der Waals surface area contributed by atoms with Gasteiger partial charge in [-0.15, -0.1) is 0 Å². The molecule has 0 saturated heterocycles. The van der Waals surface area contributed by atoms with Gasteiger partial charge in [-0.2, -0.15) is 5.10 Å². The third-order valence-corrected chi connectivity index (χ3v) is 3.16. The minimum Gasteiger partial charge on any atom is -0.265 e. The molecule has 2 heterocycles. The fourth-order valence-corrected chi connectivity index (χ4v) is 2.11. The van der Waals surface area contributed by atoms with Crippen LogP contribution in [0.3, 0.4) is 0 Å². The first kappa shape index (κ1) is 13.8. The van der Waals surface area contributed by atoms with Gasteiger partial charge >= 0.3 is 0 Å². The zero-order valence-electron chi connectivity index (χ0n) is 12.7. The second-order valence-electron chi connectivity index (χ2n) is 7.04. The third kappa shape index (κ3) is 2.86. The van der Waals surface area contributed by atoms with Crippen LogP contribution in [0.2, 0.25) is 0 Å². The number of aromatic nitrogens is 3. The first-order valence-corrected chi connectivity index (χ1v) is 6.70. The van der Waals surface area contributed by atoms with Gasteiger partial charge in [0.15, 0.2) is 0 Å². The molecular weight excluding hydrogens is 234 g/mol. The summed E-state index contributed by atoms with van der Waals surface area (Å²) in [4.78, 5) is 4.06. The lowest BCUT2D eigenvalue weighted by Crippen LogP contribution is -2.20. The third-order valence-electron chi connectivity index (χ3n) is 3.16. The van der Waals surface area contributed by atoms with E-state index in [1.54, 1.807) is 12.4 Å². The van der Waals surface area contributed by atoms with E-state index in [2.05, 4.69) is 52.7 Å². The van der Waals surface area contributed by atoms with Crippen LogP contribution in [-0.2, 0) is 10.8 Å². The van der Waals surface area contributed by atoms with Crippen LogP contribution in [0.5, 0.6) is 0 Å². The van der Waals surface area contributed by atoms with Crippen molar-refractivity contribution in [1.82, 2.24) is 14.8 Å². The lowest BCUT2D eigenvalue weighted by Gasteiger charge is -2.24. The normalized spacial score (nSPS) is 12.7. The Hall–Kier alpha value is -1.64. The summed E-state index contributed by atoms with van der Waals surface area (Å²) in [5, 5.41) is 4.81. The van der Waals surface area contributed by atoms with Gasteiger partial charge in [0.2, 0.25) is 0 Å². The molecule has 19 heavy (non-hydrogen) atoms. The van der Waals surface area contributed by atoms with Gasteiger partial charge in [0.05, 0.1) is 11.4 Å². The minimum atomic E-state index is 0.0426. The lowest BCUT2D eigenvalue weighted by atomic mass is 9.80. The highest BCUT2D eigenvalue weighted by Gasteiger charge is 2.28. The zero-order chi connectivity index (χ0) is 14.3. The van der Waals surface area contributed by atoms with E-state index in [4.69, 9.17) is 5.10 Å². The number of nitrogens with zero attached hydrogens (tertiary/aromatic N) is 3. The van der Waals surface area contributed by atoms with E-state index >= 15 is 0 Å². The summed E-state index contributed by atoms with van der Waals surface area (Å²) in [6.07, 6.45) is 5.74. The van der Waals surface area contributed by atoms with Crippen molar-refractivity contribution in [2.24, 2.45) is 0 Å². The van der Waals surface area contributed by atoms with Gasteiger partial charge in [0, 0.05) is 24.0 Å². The largest absolute Gasteiger partial charge is 0.265 e. The van der Waals surface area contributed by atoms with E-state index in [9.17, 15) is 0 Å². The quantitative estimate of drug-likeness (QED) is 0.776. The summed E-state index contributed by atoms with van der Waals surface area (Å²) in [6.45, 7) is 13.3. The van der Waals surface area contributed by atoms with Crippen molar-refractivity contribution in [2.75, 3.05) is 0 Å². The number of pyridine rings is 1. The van der Waals surface area contributed by atoms with Crippen LogP contribution in [-0.4, -0.2) is 14.8 Å². The molecule has 0 bridgehead atoms. The van der Waals surface area contributed by atoms with E-state index in [-0.39, 0.29) is 10.8 Å². The molecule has 0 atom stereocenters. The topological polar surface area (TPSA) is 30.7 Å². The van der Waals surface area contributed by atoms with Crippen molar-refractivity contribution >= 4 is 0 Å². The molecular formula is C16H23N3. The van der Waals surface area contributed by atoms with Crippen molar-refractivity contribution in [2.45, 2.75) is 52.4 Å². The van der Waals surface area contributed by atoms with Gasteiger partial charge in [0.1, 0.15) is 0 Å².